The SMILES string of the molecule is Cc1cc(C)n2nc(C(=O)Nc3nc(-c4c[nH]c5ccccc45)cs3)nc2n1. The number of carbonyl (C=O) groups excluding carboxylic acids is 1. The lowest BCUT2D eigenvalue weighted by Gasteiger charge is -1.97. The first-order valence-corrected chi connectivity index (χ1v) is 9.51. The molecule has 138 valence electrons. The number of anilines is 1. The summed E-state index contributed by atoms with van der Waals surface area (Å²) < 4.78 is 1.56. The van der Waals surface area contributed by atoms with Crippen LogP contribution in [0.15, 0.2) is 41.9 Å². The van der Waals surface area contributed by atoms with Crippen LogP contribution < -0.4 is 5.32 Å². The molecule has 0 bridgehead atoms. The number of aryl methyl sites for hydroxylation is 2. The van der Waals surface area contributed by atoms with Crippen molar-refractivity contribution in [2.75, 3.05) is 5.32 Å². The van der Waals surface area contributed by atoms with Crippen LogP contribution in [0.3, 0.4) is 0 Å². The minimum absolute atomic E-state index is 0.0602. The van der Waals surface area contributed by atoms with Gasteiger partial charge in [0.1, 0.15) is 0 Å². The van der Waals surface area contributed by atoms with E-state index in [2.05, 4.69) is 30.4 Å². The van der Waals surface area contributed by atoms with Gasteiger partial charge in [-0.05, 0) is 26.0 Å². The fourth-order valence-corrected chi connectivity index (χ4v) is 3.86. The van der Waals surface area contributed by atoms with Crippen molar-refractivity contribution >= 4 is 39.1 Å². The highest BCUT2D eigenvalue weighted by Crippen LogP contribution is 2.31. The first-order valence-electron chi connectivity index (χ1n) is 8.63. The third-order valence-electron chi connectivity index (χ3n) is 4.41. The minimum atomic E-state index is -0.414. The van der Waals surface area contributed by atoms with Crippen LogP contribution >= 0.6 is 11.3 Å². The molecule has 5 aromatic rings. The topological polar surface area (TPSA) is 101 Å². The maximum atomic E-state index is 12.6. The van der Waals surface area contributed by atoms with Gasteiger partial charge in [0.2, 0.25) is 5.82 Å². The summed E-state index contributed by atoms with van der Waals surface area (Å²) in [6.45, 7) is 3.77. The van der Waals surface area contributed by atoms with E-state index in [-0.39, 0.29) is 5.82 Å². The van der Waals surface area contributed by atoms with Gasteiger partial charge in [-0.25, -0.2) is 14.5 Å². The summed E-state index contributed by atoms with van der Waals surface area (Å²) in [5.41, 5.74) is 4.53. The van der Waals surface area contributed by atoms with E-state index in [1.165, 1.54) is 11.3 Å². The summed E-state index contributed by atoms with van der Waals surface area (Å²) in [5.74, 6) is 0.0497. The molecule has 9 heteroatoms. The number of aromatic amines is 1. The van der Waals surface area contributed by atoms with Crippen LogP contribution in [0.25, 0.3) is 27.9 Å². The average Bonchev–Trinajstić information content (AvgIpc) is 3.38. The molecule has 0 aliphatic carbocycles. The van der Waals surface area contributed by atoms with Crippen LogP contribution in [-0.2, 0) is 0 Å². The van der Waals surface area contributed by atoms with Crippen LogP contribution in [-0.4, -0.2) is 35.5 Å². The number of hydrogen-bond acceptors (Lipinski definition) is 6. The zero-order valence-corrected chi connectivity index (χ0v) is 15.9. The zero-order chi connectivity index (χ0) is 19.3. The molecule has 0 fully saturated rings. The molecular formula is C19H15N7OS. The van der Waals surface area contributed by atoms with Gasteiger partial charge in [-0.3, -0.25) is 10.1 Å². The van der Waals surface area contributed by atoms with E-state index >= 15 is 0 Å². The summed E-state index contributed by atoms with van der Waals surface area (Å²) in [4.78, 5) is 28.9. The van der Waals surface area contributed by atoms with Gasteiger partial charge in [0.05, 0.1) is 5.69 Å². The number of thiazole rings is 1. The largest absolute Gasteiger partial charge is 0.360 e. The summed E-state index contributed by atoms with van der Waals surface area (Å²) in [7, 11) is 0. The third-order valence-corrected chi connectivity index (χ3v) is 5.17. The van der Waals surface area contributed by atoms with Gasteiger partial charge in [0.15, 0.2) is 5.13 Å². The molecule has 4 heterocycles. The lowest BCUT2D eigenvalue weighted by molar-refractivity contribution is 0.101. The van der Waals surface area contributed by atoms with E-state index in [9.17, 15) is 4.79 Å². The van der Waals surface area contributed by atoms with Gasteiger partial charge in [0, 0.05) is 39.4 Å². The van der Waals surface area contributed by atoms with E-state index in [1.54, 1.807) is 4.52 Å². The predicted octanol–water partition coefficient (Wildman–Crippen LogP) is 3.60. The average molecular weight is 389 g/mol. The van der Waals surface area contributed by atoms with Crippen molar-refractivity contribution in [3.8, 4) is 11.3 Å². The van der Waals surface area contributed by atoms with E-state index in [0.717, 1.165) is 33.5 Å². The monoisotopic (exact) mass is 389 g/mol. The standard InChI is InChI=1S/C19H15N7OS/c1-10-7-11(2)26-18(21-10)23-16(25-26)17(27)24-19-22-15(9-28-19)13-8-20-14-6-4-3-5-12(13)14/h3-9,20H,1-2H3,(H,22,24,27). The van der Waals surface area contributed by atoms with Crippen molar-refractivity contribution in [3.63, 3.8) is 0 Å². The number of nitrogens with zero attached hydrogens (tertiary/aromatic N) is 5. The van der Waals surface area contributed by atoms with Gasteiger partial charge in [-0.2, -0.15) is 4.98 Å². The predicted molar refractivity (Wildman–Crippen MR) is 108 cm³/mol. The first kappa shape index (κ1) is 16.6. The Hall–Kier alpha value is -3.59. The van der Waals surface area contributed by atoms with Gasteiger partial charge in [0.25, 0.3) is 11.7 Å². The molecule has 28 heavy (non-hydrogen) atoms. The van der Waals surface area contributed by atoms with Crippen molar-refractivity contribution < 1.29 is 4.79 Å². The number of rotatable bonds is 3. The number of nitrogens with one attached hydrogen (secondary N) is 2. The highest BCUT2D eigenvalue weighted by Gasteiger charge is 2.17. The van der Waals surface area contributed by atoms with Crippen molar-refractivity contribution in [1.82, 2.24) is 29.5 Å². The highest BCUT2D eigenvalue weighted by atomic mass is 32.1. The van der Waals surface area contributed by atoms with Gasteiger partial charge < -0.3 is 4.98 Å². The fourth-order valence-electron chi connectivity index (χ4n) is 3.15. The van der Waals surface area contributed by atoms with Crippen LogP contribution in [0.2, 0.25) is 0 Å². The van der Waals surface area contributed by atoms with E-state index in [4.69, 9.17) is 0 Å². The van der Waals surface area contributed by atoms with Crippen molar-refractivity contribution in [1.29, 1.82) is 0 Å². The molecule has 8 nitrogen and oxygen atoms in total. The second kappa shape index (κ2) is 6.24. The Labute approximate surface area is 163 Å². The van der Waals surface area contributed by atoms with Gasteiger partial charge >= 0.3 is 0 Å². The number of para-hydroxylation sites is 1. The van der Waals surface area contributed by atoms with Crippen LogP contribution in [0.5, 0.6) is 0 Å². The molecule has 0 unspecified atom stereocenters. The Morgan fingerprint density at radius 3 is 2.93 bits per heavy atom. The van der Waals surface area contributed by atoms with E-state index < -0.39 is 5.91 Å². The Morgan fingerprint density at radius 2 is 2.04 bits per heavy atom. The number of amides is 1. The number of carbonyl (C=O) groups is 1. The molecule has 0 radical (unpaired) electrons. The summed E-state index contributed by atoms with van der Waals surface area (Å²) in [6.07, 6.45) is 1.92. The van der Waals surface area contributed by atoms with Crippen molar-refractivity contribution in [2.24, 2.45) is 0 Å². The summed E-state index contributed by atoms with van der Waals surface area (Å²) >= 11 is 1.36. The molecule has 2 N–H and O–H groups in total. The van der Waals surface area contributed by atoms with Gasteiger partial charge in [-0.1, -0.05) is 18.2 Å². The van der Waals surface area contributed by atoms with Crippen LogP contribution in [0.4, 0.5) is 5.13 Å². The van der Waals surface area contributed by atoms with E-state index in [1.807, 2.05) is 55.8 Å². The summed E-state index contributed by atoms with van der Waals surface area (Å²) in [6, 6.07) is 9.91. The maximum absolute atomic E-state index is 12.6. The molecule has 4 aromatic heterocycles. The van der Waals surface area contributed by atoms with Crippen LogP contribution in [0.1, 0.15) is 22.0 Å². The molecule has 0 aliphatic heterocycles. The molecule has 1 aromatic carbocycles. The Morgan fingerprint density at radius 1 is 1.18 bits per heavy atom. The van der Waals surface area contributed by atoms with Gasteiger partial charge in [-0.15, -0.1) is 16.4 Å². The zero-order valence-electron chi connectivity index (χ0n) is 15.1. The normalized spacial score (nSPS) is 11.4. The Kier molecular flexibility index (Phi) is 3.69. The molecule has 0 atom stereocenters. The number of fused-ring (bicyclic) bond motifs is 2. The van der Waals surface area contributed by atoms with Crippen LogP contribution in [0, 0.1) is 13.8 Å². The maximum Gasteiger partial charge on any atom is 0.297 e. The van der Waals surface area contributed by atoms with E-state index in [0.29, 0.717) is 10.9 Å². The summed E-state index contributed by atoms with van der Waals surface area (Å²) in [5, 5.41) is 10.5. The molecular weight excluding hydrogens is 374 g/mol. The number of aromatic nitrogens is 6. The molecule has 1 amide bonds. The molecule has 5 rings (SSSR count). The van der Waals surface area contributed by atoms with Crippen molar-refractivity contribution in [2.45, 2.75) is 13.8 Å². The molecule has 0 saturated carbocycles. The molecule has 0 saturated heterocycles. The third kappa shape index (κ3) is 2.72. The highest BCUT2D eigenvalue weighted by molar-refractivity contribution is 7.14. The van der Waals surface area contributed by atoms with Crippen molar-refractivity contribution in [3.05, 3.63) is 59.1 Å². The number of benzene rings is 1. The Bertz CT molecular complexity index is 1350. The molecule has 0 spiro atoms. The minimum Gasteiger partial charge on any atom is -0.360 e. The lowest BCUT2D eigenvalue weighted by Crippen LogP contribution is -2.13. The Balaban J connectivity index is 1.43. The smallest absolute Gasteiger partial charge is 0.297 e. The first-order chi connectivity index (χ1) is 13.6. The fraction of sp³-hybridized carbons (Fsp3) is 0.105. The molecule has 0 aliphatic rings. The second-order valence-corrected chi connectivity index (χ2v) is 7.28. The lowest BCUT2D eigenvalue weighted by atomic mass is 10.1. The quantitative estimate of drug-likeness (QED) is 0.491. The number of hydrogen-bond donors (Lipinski definition) is 2. The number of H-pyrrole nitrogens is 1. The second-order valence-electron chi connectivity index (χ2n) is 6.43.